The average Bonchev–Trinajstić information content (AvgIpc) is 2.57. The molecule has 0 fully saturated rings. The lowest BCUT2D eigenvalue weighted by molar-refractivity contribution is -0.116. The van der Waals surface area contributed by atoms with Crippen molar-refractivity contribution in [3.05, 3.63) is 30.1 Å². The Morgan fingerprint density at radius 3 is 2.81 bits per heavy atom. The number of aromatic nitrogens is 2. The zero-order valence-electron chi connectivity index (χ0n) is 9.77. The minimum absolute atomic E-state index is 0.133. The first-order valence-electron chi connectivity index (χ1n) is 5.22. The molecule has 0 aliphatic rings. The highest BCUT2D eigenvalue weighted by atomic mass is 16.1. The maximum Gasteiger partial charge on any atom is 0.209 e. The Balaban J connectivity index is 2.62. The van der Waals surface area contributed by atoms with Crippen molar-refractivity contribution in [2.24, 2.45) is 0 Å². The summed E-state index contributed by atoms with van der Waals surface area (Å²) < 4.78 is 2.00. The molecule has 16 heavy (non-hydrogen) atoms. The number of rotatable bonds is 3. The van der Waals surface area contributed by atoms with Crippen molar-refractivity contribution in [3.8, 4) is 0 Å². The van der Waals surface area contributed by atoms with Gasteiger partial charge in [0.25, 0.3) is 0 Å². The molecular weight excluding hydrogens is 202 g/mol. The van der Waals surface area contributed by atoms with Crippen LogP contribution in [0.15, 0.2) is 24.4 Å². The minimum Gasteiger partial charge on any atom is -0.348 e. The molecule has 2 aromatic rings. The van der Waals surface area contributed by atoms with Crippen LogP contribution >= 0.6 is 0 Å². The van der Waals surface area contributed by atoms with Crippen molar-refractivity contribution >= 4 is 17.2 Å². The molecule has 0 amide bonds. The lowest BCUT2D eigenvalue weighted by atomic mass is 10.2. The minimum atomic E-state index is 0.133. The summed E-state index contributed by atoms with van der Waals surface area (Å²) in [6.45, 7) is 1.59. The Labute approximate surface area is 94.5 Å². The first kappa shape index (κ1) is 10.7. The van der Waals surface area contributed by atoms with Gasteiger partial charge in [-0.05, 0) is 19.1 Å². The van der Waals surface area contributed by atoms with E-state index in [1.165, 1.54) is 0 Å². The Kier molecular flexibility index (Phi) is 2.64. The SMILES string of the molecule is CC(=O)Cc1nc(N(C)C)n2ccccc12. The molecule has 0 aliphatic heterocycles. The van der Waals surface area contributed by atoms with Gasteiger partial charge in [0.2, 0.25) is 5.95 Å². The smallest absolute Gasteiger partial charge is 0.209 e. The fourth-order valence-corrected chi connectivity index (χ4v) is 1.77. The predicted molar refractivity (Wildman–Crippen MR) is 63.9 cm³/mol. The number of nitrogens with zero attached hydrogens (tertiary/aromatic N) is 3. The van der Waals surface area contributed by atoms with Gasteiger partial charge in [0.05, 0.1) is 17.6 Å². The van der Waals surface area contributed by atoms with Crippen molar-refractivity contribution in [2.75, 3.05) is 19.0 Å². The van der Waals surface area contributed by atoms with E-state index >= 15 is 0 Å². The van der Waals surface area contributed by atoms with Crippen LogP contribution in [-0.4, -0.2) is 29.3 Å². The molecule has 84 valence electrons. The van der Waals surface area contributed by atoms with Gasteiger partial charge in [-0.1, -0.05) is 6.07 Å². The highest BCUT2D eigenvalue weighted by molar-refractivity contribution is 5.80. The van der Waals surface area contributed by atoms with E-state index in [1.54, 1.807) is 6.92 Å². The summed E-state index contributed by atoms with van der Waals surface area (Å²) in [6, 6.07) is 5.90. The molecule has 0 N–H and O–H groups in total. The van der Waals surface area contributed by atoms with Crippen molar-refractivity contribution in [1.82, 2.24) is 9.38 Å². The van der Waals surface area contributed by atoms with Crippen molar-refractivity contribution in [3.63, 3.8) is 0 Å². The Hall–Kier alpha value is -1.84. The Bertz CT molecular complexity index is 528. The normalized spacial score (nSPS) is 10.7. The molecule has 2 heterocycles. The number of pyridine rings is 1. The second-order valence-electron chi connectivity index (χ2n) is 4.09. The van der Waals surface area contributed by atoms with Crippen LogP contribution < -0.4 is 4.90 Å². The molecular formula is C12H15N3O. The molecule has 0 bridgehead atoms. The average molecular weight is 217 g/mol. The van der Waals surface area contributed by atoms with Gasteiger partial charge in [0.1, 0.15) is 5.78 Å². The number of anilines is 1. The molecule has 0 spiro atoms. The highest BCUT2D eigenvalue weighted by Crippen LogP contribution is 2.18. The maximum atomic E-state index is 11.2. The number of hydrogen-bond donors (Lipinski definition) is 0. The van der Waals surface area contributed by atoms with E-state index in [9.17, 15) is 4.79 Å². The monoisotopic (exact) mass is 217 g/mol. The third kappa shape index (κ3) is 1.78. The number of fused-ring (bicyclic) bond motifs is 1. The van der Waals surface area contributed by atoms with E-state index in [0.29, 0.717) is 6.42 Å². The fourth-order valence-electron chi connectivity index (χ4n) is 1.77. The van der Waals surface area contributed by atoms with E-state index in [2.05, 4.69) is 4.98 Å². The third-order valence-electron chi connectivity index (χ3n) is 2.42. The maximum absolute atomic E-state index is 11.2. The van der Waals surface area contributed by atoms with Crippen LogP contribution in [0.4, 0.5) is 5.95 Å². The highest BCUT2D eigenvalue weighted by Gasteiger charge is 2.12. The number of ketones is 1. The van der Waals surface area contributed by atoms with Crippen molar-refractivity contribution in [2.45, 2.75) is 13.3 Å². The van der Waals surface area contributed by atoms with Gasteiger partial charge in [-0.25, -0.2) is 4.98 Å². The molecule has 0 saturated heterocycles. The first-order chi connectivity index (χ1) is 7.59. The van der Waals surface area contributed by atoms with E-state index in [1.807, 2.05) is 47.8 Å². The second-order valence-corrected chi connectivity index (χ2v) is 4.09. The number of carbonyl (C=O) groups is 1. The van der Waals surface area contributed by atoms with Crippen molar-refractivity contribution < 1.29 is 4.79 Å². The van der Waals surface area contributed by atoms with Crippen molar-refractivity contribution in [1.29, 1.82) is 0 Å². The van der Waals surface area contributed by atoms with E-state index in [-0.39, 0.29) is 5.78 Å². The van der Waals surface area contributed by atoms with E-state index in [4.69, 9.17) is 0 Å². The largest absolute Gasteiger partial charge is 0.348 e. The summed E-state index contributed by atoms with van der Waals surface area (Å²) >= 11 is 0. The Morgan fingerprint density at radius 1 is 1.44 bits per heavy atom. The molecule has 4 nitrogen and oxygen atoms in total. The molecule has 0 radical (unpaired) electrons. The summed E-state index contributed by atoms with van der Waals surface area (Å²) in [5.41, 5.74) is 1.85. The molecule has 0 aliphatic carbocycles. The lowest BCUT2D eigenvalue weighted by Gasteiger charge is -2.09. The summed E-state index contributed by atoms with van der Waals surface area (Å²) in [7, 11) is 3.89. The molecule has 4 heteroatoms. The van der Waals surface area contributed by atoms with Gasteiger partial charge >= 0.3 is 0 Å². The predicted octanol–water partition coefficient (Wildman–Crippen LogP) is 1.53. The number of imidazole rings is 1. The van der Waals surface area contributed by atoms with Gasteiger partial charge in [0.15, 0.2) is 0 Å². The summed E-state index contributed by atoms with van der Waals surface area (Å²) in [5.74, 6) is 0.987. The zero-order chi connectivity index (χ0) is 11.7. The molecule has 0 atom stereocenters. The third-order valence-corrected chi connectivity index (χ3v) is 2.42. The molecule has 2 aromatic heterocycles. The van der Waals surface area contributed by atoms with E-state index in [0.717, 1.165) is 17.2 Å². The van der Waals surface area contributed by atoms with Gasteiger partial charge in [-0.15, -0.1) is 0 Å². The Morgan fingerprint density at radius 2 is 2.19 bits per heavy atom. The quantitative estimate of drug-likeness (QED) is 0.782. The molecule has 0 unspecified atom stereocenters. The fraction of sp³-hybridized carbons (Fsp3) is 0.333. The van der Waals surface area contributed by atoms with Gasteiger partial charge in [-0.2, -0.15) is 0 Å². The van der Waals surface area contributed by atoms with Gasteiger partial charge in [0, 0.05) is 20.3 Å². The van der Waals surface area contributed by atoms with Gasteiger partial charge in [-0.3, -0.25) is 9.20 Å². The molecule has 0 saturated carbocycles. The van der Waals surface area contributed by atoms with Crippen LogP contribution in [-0.2, 0) is 11.2 Å². The summed E-state index contributed by atoms with van der Waals surface area (Å²) in [6.07, 6.45) is 2.35. The first-order valence-corrected chi connectivity index (χ1v) is 5.22. The second kappa shape index (κ2) is 3.96. The number of Topliss-reactive ketones (excluding diaryl/α,β-unsaturated/α-hetero) is 1. The summed E-state index contributed by atoms with van der Waals surface area (Å²) in [5, 5.41) is 0. The van der Waals surface area contributed by atoms with Crippen LogP contribution in [0.2, 0.25) is 0 Å². The topological polar surface area (TPSA) is 37.6 Å². The van der Waals surface area contributed by atoms with Crippen LogP contribution in [0.3, 0.4) is 0 Å². The van der Waals surface area contributed by atoms with Crippen LogP contribution in [0.1, 0.15) is 12.6 Å². The number of hydrogen-bond acceptors (Lipinski definition) is 3. The standard InChI is InChI=1S/C12H15N3O/c1-9(16)8-10-11-6-4-5-7-15(11)12(13-10)14(2)3/h4-7H,8H2,1-3H3. The van der Waals surface area contributed by atoms with Gasteiger partial charge < -0.3 is 4.90 Å². The molecule has 2 rings (SSSR count). The molecule has 0 aromatic carbocycles. The summed E-state index contributed by atoms with van der Waals surface area (Å²) in [4.78, 5) is 17.6. The lowest BCUT2D eigenvalue weighted by Crippen LogP contribution is -2.12. The van der Waals surface area contributed by atoms with Crippen LogP contribution in [0, 0.1) is 0 Å². The zero-order valence-corrected chi connectivity index (χ0v) is 9.77. The van der Waals surface area contributed by atoms with Crippen LogP contribution in [0.5, 0.6) is 0 Å². The number of carbonyl (C=O) groups excluding carboxylic acids is 1. The van der Waals surface area contributed by atoms with E-state index < -0.39 is 0 Å². The van der Waals surface area contributed by atoms with Crippen LogP contribution in [0.25, 0.3) is 5.52 Å².